The van der Waals surface area contributed by atoms with Crippen LogP contribution in [-0.4, -0.2) is 40.4 Å². The first-order valence-corrected chi connectivity index (χ1v) is 12.7. The average Bonchev–Trinajstić information content (AvgIpc) is 3.32. The number of ether oxygens (including phenoxy) is 3. The van der Waals surface area contributed by atoms with Crippen molar-refractivity contribution in [1.29, 1.82) is 0 Å². The Labute approximate surface area is 237 Å². The van der Waals surface area contributed by atoms with Crippen molar-refractivity contribution in [3.8, 4) is 11.5 Å². The Hall–Kier alpha value is -5.12. The van der Waals surface area contributed by atoms with Gasteiger partial charge in [-0.05, 0) is 59.7 Å². The van der Waals surface area contributed by atoms with E-state index in [2.05, 4.69) is 0 Å². The lowest BCUT2D eigenvalue weighted by molar-refractivity contribution is -0.149. The maximum atomic E-state index is 12.8. The van der Waals surface area contributed by atoms with Gasteiger partial charge in [-0.2, -0.15) is 0 Å². The molecule has 4 aromatic carbocycles. The Morgan fingerprint density at radius 3 is 1.22 bits per heavy atom. The molecule has 0 saturated heterocycles. The minimum atomic E-state index is -0.706. The summed E-state index contributed by atoms with van der Waals surface area (Å²) in [7, 11) is 6.28. The molecule has 1 aliphatic heterocycles. The van der Waals surface area contributed by atoms with Gasteiger partial charge in [0.15, 0.2) is 0 Å². The number of methoxy groups -OCH3 is 2. The fraction of sp³-hybridized carbons (Fsp3) is 0.125. The van der Waals surface area contributed by atoms with Gasteiger partial charge in [0, 0.05) is 0 Å². The summed E-state index contributed by atoms with van der Waals surface area (Å²) in [6, 6.07) is 29.0. The molecule has 5 rings (SSSR count). The van der Waals surface area contributed by atoms with Gasteiger partial charge in [0.05, 0.1) is 51.0 Å². The quantitative estimate of drug-likeness (QED) is 0.132. The zero-order valence-electron chi connectivity index (χ0n) is 23.0. The number of carbonyl (C=O) groups is 2. The highest BCUT2D eigenvalue weighted by atomic mass is 16.7. The topological polar surface area (TPSA) is 86.8 Å². The first kappa shape index (κ1) is 27.4. The number of para-hydroxylation sites is 4. The lowest BCUT2D eigenvalue weighted by Gasteiger charge is -2.24. The standard InChI is InChI=1S/C32H28N2O7/c1-37-27-11-7-5-9-25(27)33(39-3)23-17-13-21(14-18-23)29-30(32(36)41-31(29)35)22-15-19-24(20-16-22)34(40-4)26-10-6-8-12-28(26)38-2/h5-20H,1-4H3. The average molecular weight is 553 g/mol. The monoisotopic (exact) mass is 552 g/mol. The van der Waals surface area contributed by atoms with Gasteiger partial charge < -0.3 is 14.2 Å². The zero-order valence-corrected chi connectivity index (χ0v) is 23.0. The molecule has 0 atom stereocenters. The minimum Gasteiger partial charge on any atom is -0.494 e. The minimum absolute atomic E-state index is 0.184. The summed E-state index contributed by atoms with van der Waals surface area (Å²) in [4.78, 5) is 36.9. The summed E-state index contributed by atoms with van der Waals surface area (Å²) in [6.07, 6.45) is 0. The summed E-state index contributed by atoms with van der Waals surface area (Å²) >= 11 is 0. The molecule has 0 fully saturated rings. The Morgan fingerprint density at radius 1 is 0.512 bits per heavy atom. The van der Waals surface area contributed by atoms with Crippen LogP contribution in [0.25, 0.3) is 11.1 Å². The molecule has 0 aliphatic carbocycles. The maximum Gasteiger partial charge on any atom is 0.347 e. The molecule has 208 valence electrons. The van der Waals surface area contributed by atoms with Crippen LogP contribution in [0.5, 0.6) is 11.5 Å². The van der Waals surface area contributed by atoms with Crippen LogP contribution in [0, 0.1) is 0 Å². The normalized spacial score (nSPS) is 12.8. The SMILES string of the molecule is COc1ccccc1N(OC)c1ccc(C2=C(c3ccc(N(OC)c4ccccc4OC)cc3)C(=O)OC2=O)cc1. The molecule has 0 bridgehead atoms. The van der Waals surface area contributed by atoms with Crippen molar-refractivity contribution < 1.29 is 33.5 Å². The third-order valence-corrected chi connectivity index (χ3v) is 6.60. The van der Waals surface area contributed by atoms with E-state index in [4.69, 9.17) is 23.9 Å². The molecule has 41 heavy (non-hydrogen) atoms. The van der Waals surface area contributed by atoms with Crippen molar-refractivity contribution in [3.63, 3.8) is 0 Å². The van der Waals surface area contributed by atoms with Crippen LogP contribution in [0.1, 0.15) is 11.1 Å². The molecule has 0 N–H and O–H groups in total. The molecule has 4 aromatic rings. The van der Waals surface area contributed by atoms with E-state index in [0.29, 0.717) is 45.4 Å². The van der Waals surface area contributed by atoms with Crippen molar-refractivity contribution >= 4 is 45.8 Å². The van der Waals surface area contributed by atoms with Crippen molar-refractivity contribution in [2.45, 2.75) is 0 Å². The molecule has 9 heteroatoms. The molecule has 1 heterocycles. The van der Waals surface area contributed by atoms with E-state index in [0.717, 1.165) is 0 Å². The Morgan fingerprint density at radius 2 is 0.878 bits per heavy atom. The van der Waals surface area contributed by atoms with Crippen LogP contribution in [0.4, 0.5) is 22.7 Å². The molecule has 0 amide bonds. The van der Waals surface area contributed by atoms with Crippen LogP contribution in [-0.2, 0) is 24.0 Å². The Kier molecular flexibility index (Phi) is 8.00. The maximum absolute atomic E-state index is 12.8. The third-order valence-electron chi connectivity index (χ3n) is 6.60. The smallest absolute Gasteiger partial charge is 0.347 e. The molecule has 9 nitrogen and oxygen atoms in total. The summed E-state index contributed by atoms with van der Waals surface area (Å²) in [5.74, 6) is -0.144. The van der Waals surface area contributed by atoms with E-state index in [9.17, 15) is 9.59 Å². The summed E-state index contributed by atoms with van der Waals surface area (Å²) in [5, 5.41) is 3.22. The van der Waals surface area contributed by atoms with E-state index in [1.54, 1.807) is 87.1 Å². The highest BCUT2D eigenvalue weighted by Gasteiger charge is 2.35. The molecule has 1 aliphatic rings. The molecular weight excluding hydrogens is 524 g/mol. The second-order valence-electron chi connectivity index (χ2n) is 8.82. The number of benzene rings is 4. The van der Waals surface area contributed by atoms with Gasteiger partial charge in [0.2, 0.25) is 0 Å². The zero-order chi connectivity index (χ0) is 28.9. The largest absolute Gasteiger partial charge is 0.494 e. The first-order chi connectivity index (χ1) is 20.0. The molecule has 0 spiro atoms. The fourth-order valence-corrected chi connectivity index (χ4v) is 4.72. The van der Waals surface area contributed by atoms with Gasteiger partial charge in [-0.25, -0.2) is 19.7 Å². The van der Waals surface area contributed by atoms with Crippen LogP contribution in [0.2, 0.25) is 0 Å². The molecule has 0 unspecified atom stereocenters. The number of carbonyl (C=O) groups excluding carboxylic acids is 2. The number of rotatable bonds is 10. The van der Waals surface area contributed by atoms with Crippen molar-refractivity contribution in [1.82, 2.24) is 0 Å². The molecule has 0 saturated carbocycles. The van der Waals surface area contributed by atoms with E-state index in [1.807, 2.05) is 48.5 Å². The lowest BCUT2D eigenvalue weighted by atomic mass is 9.96. The van der Waals surface area contributed by atoms with Gasteiger partial charge >= 0.3 is 11.9 Å². The van der Waals surface area contributed by atoms with E-state index in [1.165, 1.54) is 0 Å². The third kappa shape index (κ3) is 5.23. The highest BCUT2D eigenvalue weighted by molar-refractivity contribution is 6.44. The first-order valence-electron chi connectivity index (χ1n) is 12.7. The number of cyclic esters (lactones) is 2. The van der Waals surface area contributed by atoms with Gasteiger partial charge in [-0.3, -0.25) is 9.68 Å². The fourth-order valence-electron chi connectivity index (χ4n) is 4.72. The van der Waals surface area contributed by atoms with E-state index < -0.39 is 11.9 Å². The predicted molar refractivity (Wildman–Crippen MR) is 155 cm³/mol. The van der Waals surface area contributed by atoms with Crippen molar-refractivity contribution in [3.05, 3.63) is 108 Å². The van der Waals surface area contributed by atoms with Gasteiger partial charge in [-0.1, -0.05) is 48.5 Å². The summed E-state index contributed by atoms with van der Waals surface area (Å²) in [6.45, 7) is 0. The summed E-state index contributed by atoms with van der Waals surface area (Å²) < 4.78 is 16.0. The Bertz CT molecular complexity index is 1480. The van der Waals surface area contributed by atoms with Crippen LogP contribution >= 0.6 is 0 Å². The van der Waals surface area contributed by atoms with Gasteiger partial charge in [-0.15, -0.1) is 0 Å². The van der Waals surface area contributed by atoms with E-state index >= 15 is 0 Å². The van der Waals surface area contributed by atoms with Gasteiger partial charge in [0.25, 0.3) is 0 Å². The molecule has 0 aromatic heterocycles. The predicted octanol–water partition coefficient (Wildman–Crippen LogP) is 6.10. The second-order valence-corrected chi connectivity index (χ2v) is 8.82. The van der Waals surface area contributed by atoms with Crippen LogP contribution in [0.3, 0.4) is 0 Å². The molecular formula is C32H28N2O7. The van der Waals surface area contributed by atoms with E-state index in [-0.39, 0.29) is 11.1 Å². The summed E-state index contributed by atoms with van der Waals surface area (Å²) in [5.41, 5.74) is 4.24. The Balaban J connectivity index is 1.49. The number of anilines is 4. The lowest BCUT2D eigenvalue weighted by Crippen LogP contribution is -2.16. The van der Waals surface area contributed by atoms with Crippen molar-refractivity contribution in [2.75, 3.05) is 38.6 Å². The number of hydrogen-bond donors (Lipinski definition) is 0. The molecule has 0 radical (unpaired) electrons. The van der Waals surface area contributed by atoms with Crippen molar-refractivity contribution in [2.24, 2.45) is 0 Å². The van der Waals surface area contributed by atoms with Crippen LogP contribution in [0.15, 0.2) is 97.1 Å². The van der Waals surface area contributed by atoms with Gasteiger partial charge in [0.1, 0.15) is 22.9 Å². The second kappa shape index (κ2) is 12.0. The highest BCUT2D eigenvalue weighted by Crippen LogP contribution is 2.39. The number of esters is 2. The van der Waals surface area contributed by atoms with Crippen LogP contribution < -0.4 is 19.6 Å². The number of nitrogens with zero attached hydrogens (tertiary/aromatic N) is 2. The number of hydrogen-bond acceptors (Lipinski definition) is 9.